The van der Waals surface area contributed by atoms with Gasteiger partial charge in [-0.15, -0.1) is 0 Å². The molecule has 0 spiro atoms. The van der Waals surface area contributed by atoms with Gasteiger partial charge in [0.15, 0.2) is 0 Å². The lowest BCUT2D eigenvalue weighted by Crippen LogP contribution is -1.98. The molecule has 0 N–H and O–H groups in total. The molecule has 0 saturated carbocycles. The van der Waals surface area contributed by atoms with Crippen LogP contribution >= 0.6 is 0 Å². The quantitative estimate of drug-likeness (QED) is 0.282. The van der Waals surface area contributed by atoms with Crippen molar-refractivity contribution in [1.29, 1.82) is 0 Å². The van der Waals surface area contributed by atoms with E-state index in [2.05, 4.69) is 107 Å². The van der Waals surface area contributed by atoms with Gasteiger partial charge in [0, 0.05) is 27.7 Å². The molecule has 3 aromatic heterocycles. The van der Waals surface area contributed by atoms with E-state index >= 15 is 0 Å². The number of nitrogens with zero attached hydrogens (tertiary/aromatic N) is 3. The molecule has 3 heteroatoms. The summed E-state index contributed by atoms with van der Waals surface area (Å²) in [7, 11) is 0. The van der Waals surface area contributed by atoms with Gasteiger partial charge in [-0.25, -0.2) is 4.98 Å². The second-order valence-corrected chi connectivity index (χ2v) is 8.09. The van der Waals surface area contributed by atoms with Gasteiger partial charge < -0.3 is 4.57 Å². The highest BCUT2D eigenvalue weighted by molar-refractivity contribution is 6.11. The lowest BCUT2D eigenvalue weighted by molar-refractivity contribution is 1.08. The van der Waals surface area contributed by atoms with E-state index in [0.29, 0.717) is 0 Å². The van der Waals surface area contributed by atoms with Crippen LogP contribution in [0.3, 0.4) is 0 Å². The Morgan fingerprint density at radius 2 is 1.36 bits per heavy atom. The molecule has 0 aliphatic rings. The number of para-hydroxylation sites is 3. The van der Waals surface area contributed by atoms with Crippen molar-refractivity contribution in [3.05, 3.63) is 115 Å². The molecule has 3 aromatic carbocycles. The molecule has 0 atom stereocenters. The summed E-state index contributed by atoms with van der Waals surface area (Å²) < 4.78 is 4.52. The van der Waals surface area contributed by atoms with Crippen LogP contribution in [0.25, 0.3) is 56.5 Å². The first-order valence-electron chi connectivity index (χ1n) is 11.2. The van der Waals surface area contributed by atoms with Crippen LogP contribution in [-0.4, -0.2) is 14.1 Å². The molecule has 0 amide bonds. The number of aromatic nitrogens is 3. The number of allylic oxidation sites excluding steroid dienone is 1. The van der Waals surface area contributed by atoms with Gasteiger partial charge in [0.2, 0.25) is 0 Å². The fraction of sp³-hybridized carbons (Fsp3) is 0.0333. The van der Waals surface area contributed by atoms with Gasteiger partial charge in [-0.3, -0.25) is 4.57 Å². The van der Waals surface area contributed by atoms with E-state index < -0.39 is 0 Å². The molecule has 0 aliphatic heterocycles. The third-order valence-electron chi connectivity index (χ3n) is 6.20. The van der Waals surface area contributed by atoms with Gasteiger partial charge in [0.25, 0.3) is 0 Å². The number of fused-ring (bicyclic) bond motifs is 4. The van der Waals surface area contributed by atoms with Crippen molar-refractivity contribution < 1.29 is 0 Å². The minimum absolute atomic E-state index is 0.938. The van der Waals surface area contributed by atoms with E-state index in [1.54, 1.807) is 0 Å². The summed E-state index contributed by atoms with van der Waals surface area (Å²) in [5.41, 5.74) is 8.57. The number of hydrogen-bond donors (Lipinski definition) is 0. The third-order valence-corrected chi connectivity index (χ3v) is 6.20. The Hall–Kier alpha value is -4.37. The number of hydrogen-bond acceptors (Lipinski definition) is 1. The van der Waals surface area contributed by atoms with Crippen LogP contribution in [-0.2, 0) is 0 Å². The molecule has 6 rings (SSSR count). The van der Waals surface area contributed by atoms with Crippen LogP contribution in [0, 0.1) is 0 Å². The molecule has 0 unspecified atom stereocenters. The zero-order valence-corrected chi connectivity index (χ0v) is 18.4. The van der Waals surface area contributed by atoms with Crippen LogP contribution < -0.4 is 0 Å². The molecular weight excluding hydrogens is 402 g/mol. The van der Waals surface area contributed by atoms with Gasteiger partial charge in [-0.1, -0.05) is 73.3 Å². The Morgan fingerprint density at radius 3 is 2.03 bits per heavy atom. The topological polar surface area (TPSA) is 22.8 Å². The highest BCUT2D eigenvalue weighted by Crippen LogP contribution is 2.37. The van der Waals surface area contributed by atoms with Crippen molar-refractivity contribution in [3.63, 3.8) is 0 Å². The van der Waals surface area contributed by atoms with Crippen molar-refractivity contribution in [3.8, 4) is 11.4 Å². The smallest absolute Gasteiger partial charge is 0.146 e. The molecule has 158 valence electrons. The van der Waals surface area contributed by atoms with Crippen molar-refractivity contribution in [2.75, 3.05) is 0 Å². The second-order valence-electron chi connectivity index (χ2n) is 8.09. The van der Waals surface area contributed by atoms with Gasteiger partial charge in [-0.2, -0.15) is 0 Å². The van der Waals surface area contributed by atoms with E-state index in [4.69, 9.17) is 4.98 Å². The van der Waals surface area contributed by atoms with Crippen molar-refractivity contribution in [2.45, 2.75) is 6.92 Å². The monoisotopic (exact) mass is 425 g/mol. The number of benzene rings is 3. The molecule has 0 saturated heterocycles. The normalized spacial score (nSPS) is 11.8. The maximum Gasteiger partial charge on any atom is 0.146 e. The molecular formula is C30H23N3. The minimum atomic E-state index is 0.938. The molecule has 6 aromatic rings. The van der Waals surface area contributed by atoms with E-state index in [-0.39, 0.29) is 0 Å². The zero-order valence-electron chi connectivity index (χ0n) is 18.4. The average Bonchev–Trinajstić information content (AvgIpc) is 3.36. The summed E-state index contributed by atoms with van der Waals surface area (Å²) in [5.74, 6) is 0. The van der Waals surface area contributed by atoms with Crippen LogP contribution in [0.4, 0.5) is 0 Å². The molecule has 33 heavy (non-hydrogen) atoms. The summed E-state index contributed by atoms with van der Waals surface area (Å²) in [6.45, 7) is 6.19. The highest BCUT2D eigenvalue weighted by atomic mass is 15.1. The fourth-order valence-electron chi connectivity index (χ4n) is 4.84. The van der Waals surface area contributed by atoms with Gasteiger partial charge >= 0.3 is 0 Å². The summed E-state index contributed by atoms with van der Waals surface area (Å²) >= 11 is 0. The molecule has 0 radical (unpaired) electrons. The molecule has 0 fully saturated rings. The largest absolute Gasteiger partial charge is 0.308 e. The summed E-state index contributed by atoms with van der Waals surface area (Å²) in [4.78, 5) is 5.30. The van der Waals surface area contributed by atoms with Crippen LogP contribution in [0.1, 0.15) is 18.2 Å². The lowest BCUT2D eigenvalue weighted by atomic mass is 10.1. The highest BCUT2D eigenvalue weighted by Gasteiger charge is 2.20. The number of rotatable bonds is 4. The Morgan fingerprint density at radius 1 is 0.727 bits per heavy atom. The third kappa shape index (κ3) is 2.86. The van der Waals surface area contributed by atoms with Crippen molar-refractivity contribution >= 4 is 45.1 Å². The summed E-state index contributed by atoms with van der Waals surface area (Å²) in [5, 5.41) is 2.26. The van der Waals surface area contributed by atoms with Gasteiger partial charge in [0.05, 0.1) is 22.2 Å². The van der Waals surface area contributed by atoms with Crippen molar-refractivity contribution in [2.24, 2.45) is 0 Å². The average molecular weight is 426 g/mol. The fourth-order valence-corrected chi connectivity index (χ4v) is 4.84. The first-order chi connectivity index (χ1) is 16.3. The predicted molar refractivity (Wildman–Crippen MR) is 140 cm³/mol. The molecule has 3 heterocycles. The molecule has 3 nitrogen and oxygen atoms in total. The van der Waals surface area contributed by atoms with Crippen LogP contribution in [0.2, 0.25) is 0 Å². The SMILES string of the molecule is C=Cc1c(/C=C\C)c2cc3c(nc2n1-c1ccccc1)c1ccccc1n3-c1ccccc1. The molecule has 0 aliphatic carbocycles. The first kappa shape index (κ1) is 19.3. The Kier molecular flexibility index (Phi) is 4.48. The van der Waals surface area contributed by atoms with Crippen LogP contribution in [0.15, 0.2) is 104 Å². The van der Waals surface area contributed by atoms with Gasteiger partial charge in [-0.05, 0) is 49.4 Å². The van der Waals surface area contributed by atoms with Crippen LogP contribution in [0.5, 0.6) is 0 Å². The zero-order chi connectivity index (χ0) is 22.4. The van der Waals surface area contributed by atoms with E-state index in [9.17, 15) is 0 Å². The van der Waals surface area contributed by atoms with E-state index in [1.807, 2.05) is 25.1 Å². The lowest BCUT2D eigenvalue weighted by Gasteiger charge is -2.09. The Bertz CT molecular complexity index is 1670. The molecule has 0 bridgehead atoms. The maximum absolute atomic E-state index is 5.30. The van der Waals surface area contributed by atoms with Gasteiger partial charge in [0.1, 0.15) is 5.65 Å². The Balaban J connectivity index is 1.83. The first-order valence-corrected chi connectivity index (χ1v) is 11.2. The summed E-state index contributed by atoms with van der Waals surface area (Å²) in [6, 6.07) is 31.7. The Labute approximate surface area is 192 Å². The standard InChI is InChI=1S/C30H23N3/c1-3-13-23-25-20-28-29(31-30(25)33(26(23)4-2)22-16-9-6-10-17-22)24-18-11-12-19-27(24)32(28)21-14-7-5-8-15-21/h3-20H,2H2,1H3/b13-3-. The maximum atomic E-state index is 5.30. The van der Waals surface area contributed by atoms with E-state index in [0.717, 1.165) is 55.6 Å². The predicted octanol–water partition coefficient (Wildman–Crippen LogP) is 7.80. The van der Waals surface area contributed by atoms with Crippen molar-refractivity contribution in [1.82, 2.24) is 14.1 Å². The minimum Gasteiger partial charge on any atom is -0.308 e. The van der Waals surface area contributed by atoms with E-state index in [1.165, 1.54) is 0 Å². The number of pyridine rings is 1. The second kappa shape index (κ2) is 7.64. The summed E-state index contributed by atoms with van der Waals surface area (Å²) in [6.07, 6.45) is 6.16.